The molecule has 0 radical (unpaired) electrons. The number of pyridine rings is 1. The van der Waals surface area contributed by atoms with Gasteiger partial charge in [0.1, 0.15) is 11.6 Å². The van der Waals surface area contributed by atoms with Gasteiger partial charge in [-0.05, 0) is 23.6 Å². The number of fused-ring (bicyclic) bond motifs is 1. The van der Waals surface area contributed by atoms with Crippen molar-refractivity contribution >= 4 is 16.9 Å². The molecule has 0 saturated heterocycles. The molecule has 0 spiro atoms. The van der Waals surface area contributed by atoms with Crippen molar-refractivity contribution in [3.05, 3.63) is 50.7 Å². The smallest absolute Gasteiger partial charge is 0.332 e. The average molecular weight is 383 g/mol. The molecule has 4 N–H and O–H groups in total. The molecule has 2 aromatic heterocycles. The lowest BCUT2D eigenvalue weighted by molar-refractivity contribution is 0.271. The molecular weight excluding hydrogens is 358 g/mol. The predicted molar refractivity (Wildman–Crippen MR) is 110 cm³/mol. The van der Waals surface area contributed by atoms with Crippen molar-refractivity contribution < 1.29 is 4.74 Å². The van der Waals surface area contributed by atoms with Gasteiger partial charge >= 0.3 is 5.69 Å². The van der Waals surface area contributed by atoms with Crippen molar-refractivity contribution in [3.8, 4) is 16.9 Å². The number of anilines is 1. The molecule has 28 heavy (non-hydrogen) atoms. The fourth-order valence-electron chi connectivity index (χ4n) is 3.17. The van der Waals surface area contributed by atoms with Crippen molar-refractivity contribution in [2.45, 2.75) is 20.4 Å². The molecule has 0 unspecified atom stereocenters. The van der Waals surface area contributed by atoms with E-state index in [9.17, 15) is 9.59 Å². The van der Waals surface area contributed by atoms with Crippen LogP contribution in [0.25, 0.3) is 22.2 Å². The van der Waals surface area contributed by atoms with Gasteiger partial charge in [-0.2, -0.15) is 0 Å². The standard InChI is InChI=1S/C20H25N5O3/c1-11(2)10-28-13-7-5-6-12(8-13)15-14(9-21)17(22)23-18-16(15)19(26)25(4)20(27)24(18)3/h5-8,11H,9-10,21H2,1-4H3,(H2,22,23). The first kappa shape index (κ1) is 19.6. The van der Waals surface area contributed by atoms with Gasteiger partial charge in [-0.15, -0.1) is 0 Å². The Morgan fingerprint density at radius 1 is 1.18 bits per heavy atom. The molecule has 148 valence electrons. The summed E-state index contributed by atoms with van der Waals surface area (Å²) in [6.07, 6.45) is 0. The predicted octanol–water partition coefficient (Wildman–Crippen LogP) is 1.37. The van der Waals surface area contributed by atoms with Crippen molar-refractivity contribution in [2.75, 3.05) is 12.3 Å². The second-order valence-corrected chi connectivity index (χ2v) is 7.19. The van der Waals surface area contributed by atoms with E-state index in [1.807, 2.05) is 24.3 Å². The molecule has 1 aromatic carbocycles. The van der Waals surface area contributed by atoms with Gasteiger partial charge in [-0.25, -0.2) is 9.78 Å². The van der Waals surface area contributed by atoms with Crippen molar-refractivity contribution in [3.63, 3.8) is 0 Å². The van der Waals surface area contributed by atoms with E-state index in [-0.39, 0.29) is 18.0 Å². The van der Waals surface area contributed by atoms with Crippen LogP contribution < -0.4 is 27.5 Å². The Labute approximate surface area is 162 Å². The fourth-order valence-corrected chi connectivity index (χ4v) is 3.17. The van der Waals surface area contributed by atoms with Crippen LogP contribution in [0.2, 0.25) is 0 Å². The summed E-state index contributed by atoms with van der Waals surface area (Å²) in [6.45, 7) is 4.81. The molecule has 0 fully saturated rings. The highest BCUT2D eigenvalue weighted by Crippen LogP contribution is 2.33. The number of hydrogen-bond acceptors (Lipinski definition) is 6. The van der Waals surface area contributed by atoms with E-state index < -0.39 is 11.2 Å². The molecular formula is C20H25N5O3. The SMILES string of the molecule is CC(C)COc1cccc(-c2c(CN)c(N)nc3c2c(=O)n(C)c(=O)n3C)c1. The molecule has 0 aliphatic rings. The Morgan fingerprint density at radius 3 is 2.54 bits per heavy atom. The summed E-state index contributed by atoms with van der Waals surface area (Å²) in [6, 6.07) is 7.41. The maximum Gasteiger partial charge on any atom is 0.332 e. The van der Waals surface area contributed by atoms with Crippen LogP contribution in [-0.4, -0.2) is 20.7 Å². The minimum atomic E-state index is -0.468. The number of aryl methyl sites for hydroxylation is 1. The number of ether oxygens (including phenoxy) is 1. The fraction of sp³-hybridized carbons (Fsp3) is 0.350. The summed E-state index contributed by atoms with van der Waals surface area (Å²) in [5, 5.41) is 0.306. The number of nitrogen functional groups attached to an aromatic ring is 1. The van der Waals surface area contributed by atoms with Crippen LogP contribution in [0.5, 0.6) is 5.75 Å². The summed E-state index contributed by atoms with van der Waals surface area (Å²) in [5.41, 5.74) is 13.3. The molecule has 8 nitrogen and oxygen atoms in total. The molecule has 0 aliphatic heterocycles. The Hall–Kier alpha value is -3.13. The number of rotatable bonds is 5. The van der Waals surface area contributed by atoms with E-state index in [1.54, 1.807) is 7.05 Å². The normalized spacial score (nSPS) is 11.4. The Balaban J connectivity index is 2.39. The second-order valence-electron chi connectivity index (χ2n) is 7.19. The van der Waals surface area contributed by atoms with Crippen LogP contribution in [0.1, 0.15) is 19.4 Å². The number of nitrogens with zero attached hydrogens (tertiary/aromatic N) is 3. The quantitative estimate of drug-likeness (QED) is 0.687. The lowest BCUT2D eigenvalue weighted by Gasteiger charge is -2.17. The molecule has 2 heterocycles. The summed E-state index contributed by atoms with van der Waals surface area (Å²) in [4.78, 5) is 29.6. The minimum absolute atomic E-state index is 0.104. The third-order valence-electron chi connectivity index (χ3n) is 4.63. The van der Waals surface area contributed by atoms with Gasteiger partial charge in [0.05, 0.1) is 12.0 Å². The lowest BCUT2D eigenvalue weighted by atomic mass is 9.97. The molecule has 0 aliphatic carbocycles. The monoisotopic (exact) mass is 383 g/mol. The molecule has 3 aromatic rings. The highest BCUT2D eigenvalue weighted by Gasteiger charge is 2.21. The highest BCUT2D eigenvalue weighted by atomic mass is 16.5. The first-order valence-electron chi connectivity index (χ1n) is 9.07. The van der Waals surface area contributed by atoms with Crippen LogP contribution in [0.4, 0.5) is 5.82 Å². The zero-order chi connectivity index (χ0) is 20.6. The number of nitrogens with two attached hydrogens (primary N) is 2. The van der Waals surface area contributed by atoms with Gasteiger partial charge in [-0.1, -0.05) is 26.0 Å². The van der Waals surface area contributed by atoms with Crippen molar-refractivity contribution in [1.82, 2.24) is 14.1 Å². The molecule has 0 saturated carbocycles. The Morgan fingerprint density at radius 2 is 1.89 bits per heavy atom. The van der Waals surface area contributed by atoms with Crippen LogP contribution >= 0.6 is 0 Å². The average Bonchev–Trinajstić information content (AvgIpc) is 2.68. The van der Waals surface area contributed by atoms with Gasteiger partial charge < -0.3 is 16.2 Å². The Bertz CT molecular complexity index is 1160. The number of aromatic nitrogens is 3. The minimum Gasteiger partial charge on any atom is -0.493 e. The number of hydrogen-bond donors (Lipinski definition) is 2. The van der Waals surface area contributed by atoms with E-state index in [1.165, 1.54) is 11.6 Å². The van der Waals surface area contributed by atoms with Gasteiger partial charge in [0.2, 0.25) is 0 Å². The first-order valence-corrected chi connectivity index (χ1v) is 9.07. The zero-order valence-electron chi connectivity index (χ0n) is 16.5. The van der Waals surface area contributed by atoms with Crippen LogP contribution in [-0.2, 0) is 20.6 Å². The molecule has 8 heteroatoms. The summed E-state index contributed by atoms with van der Waals surface area (Å²) in [7, 11) is 3.00. The summed E-state index contributed by atoms with van der Waals surface area (Å²) >= 11 is 0. The zero-order valence-corrected chi connectivity index (χ0v) is 16.5. The van der Waals surface area contributed by atoms with E-state index >= 15 is 0 Å². The maximum atomic E-state index is 13.0. The van der Waals surface area contributed by atoms with Crippen LogP contribution in [0.15, 0.2) is 33.9 Å². The third kappa shape index (κ3) is 3.27. The molecule has 0 amide bonds. The number of benzene rings is 1. The third-order valence-corrected chi connectivity index (χ3v) is 4.63. The Kier molecular flexibility index (Phi) is 5.24. The summed E-state index contributed by atoms with van der Waals surface area (Å²) < 4.78 is 8.20. The van der Waals surface area contributed by atoms with E-state index in [0.717, 1.165) is 10.1 Å². The highest BCUT2D eigenvalue weighted by molar-refractivity contribution is 5.96. The van der Waals surface area contributed by atoms with Gasteiger partial charge in [0.15, 0.2) is 5.65 Å². The largest absolute Gasteiger partial charge is 0.493 e. The van der Waals surface area contributed by atoms with Crippen LogP contribution in [0.3, 0.4) is 0 Å². The van der Waals surface area contributed by atoms with Crippen molar-refractivity contribution in [2.24, 2.45) is 25.7 Å². The van der Waals surface area contributed by atoms with E-state index in [0.29, 0.717) is 34.8 Å². The molecule has 3 rings (SSSR count). The molecule has 0 bridgehead atoms. The lowest BCUT2D eigenvalue weighted by Crippen LogP contribution is -2.38. The van der Waals surface area contributed by atoms with Crippen molar-refractivity contribution in [1.29, 1.82) is 0 Å². The van der Waals surface area contributed by atoms with Gasteiger partial charge in [0.25, 0.3) is 5.56 Å². The summed E-state index contributed by atoms with van der Waals surface area (Å²) in [5.74, 6) is 1.25. The van der Waals surface area contributed by atoms with Crippen LogP contribution in [0, 0.1) is 5.92 Å². The van der Waals surface area contributed by atoms with E-state index in [2.05, 4.69) is 18.8 Å². The van der Waals surface area contributed by atoms with E-state index in [4.69, 9.17) is 16.2 Å². The maximum absolute atomic E-state index is 13.0. The molecule has 0 atom stereocenters. The topological polar surface area (TPSA) is 118 Å². The van der Waals surface area contributed by atoms with Gasteiger partial charge in [0, 0.05) is 31.8 Å². The van der Waals surface area contributed by atoms with Gasteiger partial charge in [-0.3, -0.25) is 13.9 Å². The first-order chi connectivity index (χ1) is 13.3. The second kappa shape index (κ2) is 7.47.